The van der Waals surface area contributed by atoms with Gasteiger partial charge in [-0.15, -0.1) is 0 Å². The van der Waals surface area contributed by atoms with Crippen LogP contribution >= 0.6 is 0 Å². The van der Waals surface area contributed by atoms with Gasteiger partial charge in [-0.3, -0.25) is 4.79 Å². The third-order valence-corrected chi connectivity index (χ3v) is 5.86. The Morgan fingerprint density at radius 3 is 2.42 bits per heavy atom. The quantitative estimate of drug-likeness (QED) is 0.359. The number of ether oxygens (including phenoxy) is 2. The number of carbonyl (C=O) groups excluding carboxylic acids is 2. The summed E-state index contributed by atoms with van der Waals surface area (Å²) in [5.41, 5.74) is 3.93. The maximum absolute atomic E-state index is 12.9. The molecule has 1 saturated heterocycles. The second kappa shape index (κ2) is 8.47. The topological polar surface area (TPSA) is 60.8 Å². The third kappa shape index (κ3) is 3.74. The van der Waals surface area contributed by atoms with Crippen LogP contribution in [0.5, 0.6) is 5.75 Å². The van der Waals surface area contributed by atoms with Gasteiger partial charge in [0.2, 0.25) is 0 Å². The van der Waals surface area contributed by atoms with Crippen LogP contribution in [0.25, 0.3) is 27.9 Å². The van der Waals surface area contributed by atoms with Gasteiger partial charge < -0.3 is 14.0 Å². The highest BCUT2D eigenvalue weighted by Crippen LogP contribution is 2.31. The van der Waals surface area contributed by atoms with Gasteiger partial charge in [-0.2, -0.15) is 0 Å². The minimum absolute atomic E-state index is 0.0320. The molecule has 4 aromatic rings. The van der Waals surface area contributed by atoms with Gasteiger partial charge in [0.15, 0.2) is 5.76 Å². The zero-order valence-corrected chi connectivity index (χ0v) is 18.6. The fraction of sp³-hybridized carbons (Fsp3) is 0.185. The average molecular weight is 440 g/mol. The lowest BCUT2D eigenvalue weighted by molar-refractivity contribution is -0.123. The van der Waals surface area contributed by atoms with E-state index >= 15 is 0 Å². The highest BCUT2D eigenvalue weighted by atomic mass is 16.6. The van der Waals surface area contributed by atoms with E-state index in [2.05, 4.69) is 23.6 Å². The van der Waals surface area contributed by atoms with Crippen LogP contribution in [0.15, 0.2) is 72.5 Å². The molecule has 0 saturated carbocycles. The highest BCUT2D eigenvalue weighted by molar-refractivity contribution is 6.11. The van der Waals surface area contributed by atoms with E-state index in [1.165, 1.54) is 5.52 Å². The van der Waals surface area contributed by atoms with E-state index in [0.29, 0.717) is 6.61 Å². The molecule has 0 N–H and O–H groups in total. The van der Waals surface area contributed by atoms with Crippen molar-refractivity contribution in [3.63, 3.8) is 0 Å². The molecule has 1 aliphatic rings. The molecule has 3 aromatic carbocycles. The first kappa shape index (κ1) is 20.8. The number of para-hydroxylation sites is 1. The molecule has 0 spiro atoms. The summed E-state index contributed by atoms with van der Waals surface area (Å²) in [7, 11) is 0. The third-order valence-electron chi connectivity index (χ3n) is 5.86. The van der Waals surface area contributed by atoms with Crippen molar-refractivity contribution in [3.05, 3.63) is 83.6 Å². The summed E-state index contributed by atoms with van der Waals surface area (Å²) in [6.07, 6.45) is 0.972. The van der Waals surface area contributed by atoms with Crippen LogP contribution in [-0.4, -0.2) is 28.1 Å². The van der Waals surface area contributed by atoms with Crippen LogP contribution in [-0.2, 0) is 22.6 Å². The van der Waals surface area contributed by atoms with Crippen LogP contribution in [0.1, 0.15) is 25.0 Å². The lowest BCUT2D eigenvalue weighted by Gasteiger charge is -2.11. The summed E-state index contributed by atoms with van der Waals surface area (Å²) in [6, 6.07) is 21.6. The first-order valence-corrected chi connectivity index (χ1v) is 11.1. The van der Waals surface area contributed by atoms with E-state index in [-0.39, 0.29) is 12.3 Å². The zero-order chi connectivity index (χ0) is 22.9. The van der Waals surface area contributed by atoms with Gasteiger partial charge in [-0.1, -0.05) is 36.4 Å². The van der Waals surface area contributed by atoms with Crippen LogP contribution in [0, 0.1) is 0 Å². The number of aromatic nitrogens is 1. The summed E-state index contributed by atoms with van der Waals surface area (Å²) in [5.74, 6) is 0.339. The molecule has 6 nitrogen and oxygen atoms in total. The Hall–Kier alpha value is -4.06. The SMILES string of the molecule is CCOc1ccc(CN2C(=O)O/C(=C/c3ccc4c(c3)c3ccccc3n4CC)C2=O)cc1. The molecule has 1 aromatic heterocycles. The molecule has 2 amide bonds. The summed E-state index contributed by atoms with van der Waals surface area (Å²) in [5, 5.41) is 2.26. The van der Waals surface area contributed by atoms with E-state index in [9.17, 15) is 9.59 Å². The van der Waals surface area contributed by atoms with Gasteiger partial charge in [-0.05, 0) is 61.4 Å². The standard InChI is InChI=1S/C27H24N2O4/c1-3-28-23-8-6-5-7-21(23)22-15-19(11-14-24(22)28)16-25-26(30)29(27(31)33-25)17-18-9-12-20(13-10-18)32-4-2/h5-16H,3-4,17H2,1-2H3/b25-16+. The lowest BCUT2D eigenvalue weighted by Crippen LogP contribution is -2.28. The number of fused-ring (bicyclic) bond motifs is 3. The normalized spacial score (nSPS) is 15.1. The molecule has 0 radical (unpaired) electrons. The Balaban J connectivity index is 1.43. The van der Waals surface area contributed by atoms with E-state index in [0.717, 1.165) is 44.6 Å². The number of imide groups is 1. The van der Waals surface area contributed by atoms with Gasteiger partial charge in [0.1, 0.15) is 5.75 Å². The van der Waals surface area contributed by atoms with Crippen LogP contribution in [0.4, 0.5) is 4.79 Å². The van der Waals surface area contributed by atoms with Crippen LogP contribution < -0.4 is 4.74 Å². The van der Waals surface area contributed by atoms with Crippen LogP contribution in [0.3, 0.4) is 0 Å². The predicted molar refractivity (Wildman–Crippen MR) is 128 cm³/mol. The van der Waals surface area contributed by atoms with Crippen molar-refractivity contribution in [1.29, 1.82) is 0 Å². The zero-order valence-electron chi connectivity index (χ0n) is 18.6. The summed E-state index contributed by atoms with van der Waals surface area (Å²) < 4.78 is 13.0. The molecule has 0 unspecified atom stereocenters. The molecule has 33 heavy (non-hydrogen) atoms. The molecule has 166 valence electrons. The number of hydrogen-bond donors (Lipinski definition) is 0. The molecule has 0 aliphatic carbocycles. The van der Waals surface area contributed by atoms with Gasteiger partial charge in [0, 0.05) is 28.4 Å². The summed E-state index contributed by atoms with van der Waals surface area (Å²) in [6.45, 7) is 5.62. The summed E-state index contributed by atoms with van der Waals surface area (Å²) >= 11 is 0. The molecule has 1 fully saturated rings. The van der Waals surface area contributed by atoms with Gasteiger partial charge >= 0.3 is 6.09 Å². The van der Waals surface area contributed by atoms with Crippen molar-refractivity contribution in [2.45, 2.75) is 26.9 Å². The van der Waals surface area contributed by atoms with Crippen molar-refractivity contribution in [1.82, 2.24) is 9.47 Å². The number of amides is 2. The Morgan fingerprint density at radius 1 is 0.909 bits per heavy atom. The predicted octanol–water partition coefficient (Wildman–Crippen LogP) is 5.73. The lowest BCUT2D eigenvalue weighted by atomic mass is 10.1. The van der Waals surface area contributed by atoms with E-state index < -0.39 is 12.0 Å². The number of hydrogen-bond acceptors (Lipinski definition) is 4. The fourth-order valence-electron chi connectivity index (χ4n) is 4.33. The largest absolute Gasteiger partial charge is 0.494 e. The Kier molecular flexibility index (Phi) is 5.34. The molecule has 5 rings (SSSR count). The Labute approximate surface area is 191 Å². The maximum atomic E-state index is 12.9. The minimum Gasteiger partial charge on any atom is -0.494 e. The average Bonchev–Trinajstić information content (AvgIpc) is 3.29. The number of nitrogens with zero attached hydrogens (tertiary/aromatic N) is 2. The second-order valence-electron chi connectivity index (χ2n) is 7.88. The number of rotatable bonds is 6. The van der Waals surface area contributed by atoms with Crippen molar-refractivity contribution in [2.24, 2.45) is 0 Å². The van der Waals surface area contributed by atoms with Gasteiger partial charge in [0.25, 0.3) is 5.91 Å². The molecule has 2 heterocycles. The molecule has 6 heteroatoms. The number of carbonyl (C=O) groups is 2. The van der Waals surface area contributed by atoms with E-state index in [4.69, 9.17) is 9.47 Å². The Bertz CT molecular complexity index is 1400. The molecule has 1 aliphatic heterocycles. The van der Waals surface area contributed by atoms with Gasteiger partial charge in [-0.25, -0.2) is 9.69 Å². The number of benzene rings is 3. The van der Waals surface area contributed by atoms with Gasteiger partial charge in [0.05, 0.1) is 13.2 Å². The fourth-order valence-corrected chi connectivity index (χ4v) is 4.33. The molecule has 0 bridgehead atoms. The van der Waals surface area contributed by atoms with E-state index in [1.807, 2.05) is 61.5 Å². The first-order chi connectivity index (χ1) is 16.1. The minimum atomic E-state index is -0.663. The van der Waals surface area contributed by atoms with Crippen molar-refractivity contribution < 1.29 is 19.1 Å². The Morgan fingerprint density at radius 2 is 1.67 bits per heavy atom. The number of aryl methyl sites for hydroxylation is 1. The van der Waals surface area contributed by atoms with Crippen molar-refractivity contribution in [3.8, 4) is 5.75 Å². The molecule has 0 atom stereocenters. The number of cyclic esters (lactones) is 1. The van der Waals surface area contributed by atoms with E-state index in [1.54, 1.807) is 6.08 Å². The molecular weight excluding hydrogens is 416 g/mol. The molecular formula is C27H24N2O4. The first-order valence-electron chi connectivity index (χ1n) is 11.1. The van der Waals surface area contributed by atoms with Crippen molar-refractivity contribution >= 4 is 39.9 Å². The smallest absolute Gasteiger partial charge is 0.422 e. The highest BCUT2D eigenvalue weighted by Gasteiger charge is 2.36. The second-order valence-corrected chi connectivity index (χ2v) is 7.88. The van der Waals surface area contributed by atoms with Crippen molar-refractivity contribution in [2.75, 3.05) is 6.61 Å². The maximum Gasteiger partial charge on any atom is 0.422 e. The summed E-state index contributed by atoms with van der Waals surface area (Å²) in [4.78, 5) is 26.4. The monoisotopic (exact) mass is 440 g/mol. The van der Waals surface area contributed by atoms with Crippen LogP contribution in [0.2, 0.25) is 0 Å².